The van der Waals surface area contributed by atoms with Gasteiger partial charge >= 0.3 is 12.1 Å². The molecule has 1 unspecified atom stereocenters. The standard InChI is InChI=1S/C16H19Cl2N5.C2HF3O2/c1-9(7-19)15-8-23(22-21-15)4-3-12-10(2)20-14-6-11(17)5-13(18)16(12)14;3-2(4,5)1(6)7/h5-6,8-9,20H,3-4,7,19H2,1-2H3;(H,6,7). The fraction of sp³-hybridized carbons (Fsp3) is 0.389. The molecule has 0 fully saturated rings. The van der Waals surface area contributed by atoms with E-state index < -0.39 is 12.1 Å². The number of nitrogens with zero attached hydrogens (tertiary/aromatic N) is 3. The second kappa shape index (κ2) is 9.67. The first-order chi connectivity index (χ1) is 13.9. The molecule has 0 aliphatic carbocycles. The van der Waals surface area contributed by atoms with E-state index in [1.54, 1.807) is 6.07 Å². The molecule has 0 aliphatic heterocycles. The Morgan fingerprint density at radius 1 is 1.37 bits per heavy atom. The number of carboxylic acids is 1. The van der Waals surface area contributed by atoms with E-state index in [9.17, 15) is 13.2 Å². The first-order valence-corrected chi connectivity index (χ1v) is 9.56. The predicted octanol–water partition coefficient (Wildman–Crippen LogP) is 4.31. The quantitative estimate of drug-likeness (QED) is 0.519. The van der Waals surface area contributed by atoms with Crippen molar-refractivity contribution in [2.75, 3.05) is 6.54 Å². The van der Waals surface area contributed by atoms with E-state index in [4.69, 9.17) is 38.8 Å². The minimum atomic E-state index is -5.08. The number of fused-ring (bicyclic) bond motifs is 1. The second-order valence-corrected chi connectivity index (χ2v) is 7.48. The van der Waals surface area contributed by atoms with Crippen molar-refractivity contribution < 1.29 is 23.1 Å². The monoisotopic (exact) mass is 465 g/mol. The summed E-state index contributed by atoms with van der Waals surface area (Å²) in [4.78, 5) is 12.2. The summed E-state index contributed by atoms with van der Waals surface area (Å²) in [6.07, 6.45) is -2.31. The Labute approximate surface area is 179 Å². The number of benzene rings is 1. The Morgan fingerprint density at radius 2 is 2.00 bits per heavy atom. The molecule has 30 heavy (non-hydrogen) atoms. The summed E-state index contributed by atoms with van der Waals surface area (Å²) in [6, 6.07) is 3.68. The summed E-state index contributed by atoms with van der Waals surface area (Å²) < 4.78 is 33.6. The van der Waals surface area contributed by atoms with Crippen LogP contribution in [-0.4, -0.2) is 43.8 Å². The summed E-state index contributed by atoms with van der Waals surface area (Å²) in [5, 5.41) is 17.8. The van der Waals surface area contributed by atoms with Gasteiger partial charge in [-0.2, -0.15) is 13.2 Å². The van der Waals surface area contributed by atoms with Crippen molar-refractivity contribution in [3.05, 3.63) is 45.3 Å². The summed E-state index contributed by atoms with van der Waals surface area (Å²) in [5.41, 5.74) is 9.84. The first kappa shape index (κ1) is 24.0. The number of alkyl halides is 3. The summed E-state index contributed by atoms with van der Waals surface area (Å²) in [6.45, 7) is 5.39. The molecular weight excluding hydrogens is 446 g/mol. The maximum atomic E-state index is 10.6. The van der Waals surface area contributed by atoms with Gasteiger partial charge in [0, 0.05) is 46.8 Å². The molecule has 0 radical (unpaired) electrons. The molecule has 3 aromatic rings. The fourth-order valence-electron chi connectivity index (χ4n) is 2.75. The van der Waals surface area contributed by atoms with Crippen LogP contribution in [0.15, 0.2) is 18.3 Å². The average molecular weight is 466 g/mol. The summed E-state index contributed by atoms with van der Waals surface area (Å²) >= 11 is 12.4. The fourth-order valence-corrected chi connectivity index (χ4v) is 3.36. The number of H-pyrrole nitrogens is 1. The van der Waals surface area contributed by atoms with E-state index in [-0.39, 0.29) is 5.92 Å². The molecule has 164 valence electrons. The molecular formula is C18H20Cl2F3N5O2. The molecule has 0 spiro atoms. The van der Waals surface area contributed by atoms with Crippen LogP contribution in [0.5, 0.6) is 0 Å². The SMILES string of the molecule is Cc1[nH]c2cc(Cl)cc(Cl)c2c1CCn1cc(C(C)CN)nn1.O=C(O)C(F)(F)F. The maximum Gasteiger partial charge on any atom is 0.490 e. The first-order valence-electron chi connectivity index (χ1n) is 8.80. The highest BCUT2D eigenvalue weighted by atomic mass is 35.5. The minimum Gasteiger partial charge on any atom is -0.475 e. The van der Waals surface area contributed by atoms with Gasteiger partial charge < -0.3 is 15.8 Å². The van der Waals surface area contributed by atoms with Crippen LogP contribution >= 0.6 is 23.2 Å². The number of aryl methyl sites for hydroxylation is 3. The number of hydrogen-bond donors (Lipinski definition) is 3. The van der Waals surface area contributed by atoms with Crippen LogP contribution in [0.2, 0.25) is 10.0 Å². The summed E-state index contributed by atoms with van der Waals surface area (Å²) in [5.74, 6) is -2.54. The summed E-state index contributed by atoms with van der Waals surface area (Å²) in [7, 11) is 0. The third kappa shape index (κ3) is 5.87. The van der Waals surface area contributed by atoms with Gasteiger partial charge in [-0.3, -0.25) is 4.68 Å². The number of halogens is 5. The second-order valence-electron chi connectivity index (χ2n) is 6.63. The Hall–Kier alpha value is -2.30. The topological polar surface area (TPSA) is 110 Å². The zero-order valence-electron chi connectivity index (χ0n) is 16.1. The number of carbonyl (C=O) groups is 1. The molecule has 2 aromatic heterocycles. The van der Waals surface area contributed by atoms with Gasteiger partial charge in [0.1, 0.15) is 0 Å². The van der Waals surface area contributed by atoms with Gasteiger partial charge in [0.15, 0.2) is 0 Å². The van der Waals surface area contributed by atoms with Crippen LogP contribution in [0, 0.1) is 6.92 Å². The lowest BCUT2D eigenvalue weighted by Crippen LogP contribution is -2.21. The van der Waals surface area contributed by atoms with Gasteiger partial charge in [0.25, 0.3) is 0 Å². The Morgan fingerprint density at radius 3 is 2.57 bits per heavy atom. The third-order valence-corrected chi connectivity index (χ3v) is 4.90. The van der Waals surface area contributed by atoms with Crippen molar-refractivity contribution in [3.63, 3.8) is 0 Å². The normalized spacial score (nSPS) is 12.5. The van der Waals surface area contributed by atoms with Crippen LogP contribution in [0.25, 0.3) is 10.9 Å². The highest BCUT2D eigenvalue weighted by molar-refractivity contribution is 6.38. The zero-order valence-corrected chi connectivity index (χ0v) is 17.6. The lowest BCUT2D eigenvalue weighted by molar-refractivity contribution is -0.192. The number of hydrogen-bond acceptors (Lipinski definition) is 4. The number of aromatic nitrogens is 4. The molecule has 2 heterocycles. The van der Waals surface area contributed by atoms with Crippen LogP contribution in [0.3, 0.4) is 0 Å². The largest absolute Gasteiger partial charge is 0.490 e. The van der Waals surface area contributed by atoms with Gasteiger partial charge in [0.05, 0.1) is 10.7 Å². The van der Waals surface area contributed by atoms with Crippen LogP contribution in [0.4, 0.5) is 13.2 Å². The number of nitrogens with two attached hydrogens (primary N) is 1. The highest BCUT2D eigenvalue weighted by Gasteiger charge is 2.38. The number of aliphatic carboxylic acids is 1. The van der Waals surface area contributed by atoms with E-state index in [0.29, 0.717) is 16.6 Å². The Bertz CT molecular complexity index is 1030. The van der Waals surface area contributed by atoms with Crippen molar-refractivity contribution in [2.45, 2.75) is 38.9 Å². The van der Waals surface area contributed by atoms with Gasteiger partial charge in [-0.05, 0) is 31.0 Å². The predicted molar refractivity (Wildman–Crippen MR) is 108 cm³/mol. The number of carboxylic acid groups (broad SMARTS) is 1. The van der Waals surface area contributed by atoms with Gasteiger partial charge in [-0.1, -0.05) is 35.3 Å². The highest BCUT2D eigenvalue weighted by Crippen LogP contribution is 2.32. The van der Waals surface area contributed by atoms with Gasteiger partial charge in [0.2, 0.25) is 0 Å². The van der Waals surface area contributed by atoms with Crippen molar-refractivity contribution in [2.24, 2.45) is 5.73 Å². The molecule has 12 heteroatoms. The van der Waals surface area contributed by atoms with E-state index in [1.165, 1.54) is 5.56 Å². The molecule has 1 atom stereocenters. The van der Waals surface area contributed by atoms with E-state index >= 15 is 0 Å². The molecule has 0 saturated carbocycles. The molecule has 0 aliphatic rings. The number of aromatic amines is 1. The molecule has 0 bridgehead atoms. The lowest BCUT2D eigenvalue weighted by Gasteiger charge is -2.04. The number of nitrogens with one attached hydrogen (secondary N) is 1. The average Bonchev–Trinajstić information content (AvgIpc) is 3.23. The van der Waals surface area contributed by atoms with E-state index in [2.05, 4.69) is 15.3 Å². The van der Waals surface area contributed by atoms with Crippen molar-refractivity contribution >= 4 is 40.1 Å². The maximum absolute atomic E-state index is 10.6. The van der Waals surface area contributed by atoms with Crippen molar-refractivity contribution in [3.8, 4) is 0 Å². The molecule has 4 N–H and O–H groups in total. The molecule has 1 aromatic carbocycles. The Balaban J connectivity index is 0.000000396. The van der Waals surface area contributed by atoms with Crippen LogP contribution < -0.4 is 5.73 Å². The van der Waals surface area contributed by atoms with Crippen molar-refractivity contribution in [1.82, 2.24) is 20.0 Å². The number of rotatable bonds is 5. The van der Waals surface area contributed by atoms with E-state index in [0.717, 1.165) is 35.3 Å². The molecule has 0 saturated heterocycles. The lowest BCUT2D eigenvalue weighted by atomic mass is 10.1. The van der Waals surface area contributed by atoms with E-state index in [1.807, 2.05) is 30.8 Å². The smallest absolute Gasteiger partial charge is 0.475 e. The molecule has 3 rings (SSSR count). The molecule has 7 nitrogen and oxygen atoms in total. The van der Waals surface area contributed by atoms with Crippen molar-refractivity contribution in [1.29, 1.82) is 0 Å². The zero-order chi connectivity index (χ0) is 22.6. The molecule has 0 amide bonds. The van der Waals surface area contributed by atoms with Gasteiger partial charge in [-0.25, -0.2) is 4.79 Å². The van der Waals surface area contributed by atoms with Crippen LogP contribution in [0.1, 0.15) is 29.8 Å². The van der Waals surface area contributed by atoms with Crippen LogP contribution in [-0.2, 0) is 17.8 Å². The minimum absolute atomic E-state index is 0.218. The van der Waals surface area contributed by atoms with Gasteiger partial charge in [-0.15, -0.1) is 5.10 Å². The Kier molecular flexibility index (Phi) is 7.73. The third-order valence-electron chi connectivity index (χ3n) is 4.38.